The van der Waals surface area contributed by atoms with Crippen molar-refractivity contribution in [2.24, 2.45) is 0 Å². The monoisotopic (exact) mass is 361 g/mol. The molecule has 8 heteroatoms. The molecule has 0 aliphatic carbocycles. The predicted octanol–water partition coefficient (Wildman–Crippen LogP) is 3.00. The fourth-order valence-corrected chi connectivity index (χ4v) is 3.02. The Morgan fingerprint density at radius 2 is 2.17 bits per heavy atom. The molecule has 0 spiro atoms. The van der Waals surface area contributed by atoms with E-state index in [1.165, 1.54) is 31.2 Å². The van der Waals surface area contributed by atoms with Crippen molar-refractivity contribution >= 4 is 46.3 Å². The molecule has 1 aliphatic heterocycles. The normalized spacial score (nSPS) is 15.5. The van der Waals surface area contributed by atoms with Gasteiger partial charge in [-0.1, -0.05) is 30.0 Å². The van der Waals surface area contributed by atoms with E-state index in [1.54, 1.807) is 30.3 Å². The van der Waals surface area contributed by atoms with Gasteiger partial charge in [0.2, 0.25) is 5.76 Å². The third-order valence-electron chi connectivity index (χ3n) is 3.05. The quantitative estimate of drug-likeness (QED) is 0.388. The molecule has 2 aromatic rings. The van der Waals surface area contributed by atoms with Crippen molar-refractivity contribution in [1.29, 1.82) is 0 Å². The van der Waals surface area contributed by atoms with Gasteiger partial charge >= 0.3 is 5.97 Å². The van der Waals surface area contributed by atoms with Crippen LogP contribution in [0.2, 0.25) is 0 Å². The number of ether oxygens (including phenoxy) is 2. The van der Waals surface area contributed by atoms with E-state index in [1.807, 2.05) is 0 Å². The van der Waals surface area contributed by atoms with E-state index in [-0.39, 0.29) is 17.4 Å². The van der Waals surface area contributed by atoms with Crippen LogP contribution in [0.15, 0.2) is 45.9 Å². The van der Waals surface area contributed by atoms with Gasteiger partial charge in [-0.05, 0) is 35.9 Å². The lowest BCUT2D eigenvalue weighted by atomic mass is 10.2. The molecule has 0 radical (unpaired) electrons. The Morgan fingerprint density at radius 1 is 1.33 bits per heavy atom. The number of amides is 1. The molecule has 0 atom stereocenters. The summed E-state index contributed by atoms with van der Waals surface area (Å²) in [6, 6.07) is 8.05. The van der Waals surface area contributed by atoms with E-state index in [0.717, 1.165) is 0 Å². The Hall–Kier alpha value is -2.58. The summed E-state index contributed by atoms with van der Waals surface area (Å²) in [5, 5.41) is 2.54. The first-order chi connectivity index (χ1) is 11.6. The van der Waals surface area contributed by atoms with Gasteiger partial charge in [-0.15, -0.1) is 0 Å². The molecule has 0 saturated carbocycles. The molecule has 1 fully saturated rings. The summed E-state index contributed by atoms with van der Waals surface area (Å²) in [5.74, 6) is -0.163. The summed E-state index contributed by atoms with van der Waals surface area (Å²) in [5.41, 5.74) is 0.715. The number of carbonyl (C=O) groups is 2. The van der Waals surface area contributed by atoms with E-state index in [9.17, 15) is 9.59 Å². The van der Waals surface area contributed by atoms with E-state index in [4.69, 9.17) is 26.1 Å². The zero-order valence-corrected chi connectivity index (χ0v) is 14.0. The number of hydrogen-bond acceptors (Lipinski definition) is 7. The van der Waals surface area contributed by atoms with Crippen molar-refractivity contribution in [3.63, 3.8) is 0 Å². The average molecular weight is 361 g/mol. The first kappa shape index (κ1) is 16.3. The highest BCUT2D eigenvalue weighted by atomic mass is 32.2. The molecule has 1 aliphatic rings. The highest BCUT2D eigenvalue weighted by Crippen LogP contribution is 2.32. The lowest BCUT2D eigenvalue weighted by Gasteiger charge is -2.09. The molecule has 0 unspecified atom stereocenters. The molecule has 1 N–H and O–H groups in total. The second-order valence-electron chi connectivity index (χ2n) is 4.63. The minimum atomic E-state index is -0.625. The topological polar surface area (TPSA) is 77.8 Å². The minimum absolute atomic E-state index is 0.0933. The van der Waals surface area contributed by atoms with Crippen LogP contribution >= 0.6 is 24.0 Å². The van der Waals surface area contributed by atoms with Gasteiger partial charge in [-0.2, -0.15) is 0 Å². The van der Waals surface area contributed by atoms with Crippen LogP contribution in [-0.2, 0) is 4.79 Å². The highest BCUT2D eigenvalue weighted by molar-refractivity contribution is 8.26. The lowest BCUT2D eigenvalue weighted by molar-refractivity contribution is -0.115. The maximum Gasteiger partial charge on any atom is 0.379 e. The number of rotatable bonds is 4. The Balaban J connectivity index is 1.83. The summed E-state index contributed by atoms with van der Waals surface area (Å²) in [6.07, 6.45) is 3.07. The molecule has 1 aromatic heterocycles. The number of esters is 1. The summed E-state index contributed by atoms with van der Waals surface area (Å²) in [6.45, 7) is 0. The van der Waals surface area contributed by atoms with Gasteiger partial charge in [0.25, 0.3) is 5.91 Å². The first-order valence-corrected chi connectivity index (χ1v) is 7.98. The van der Waals surface area contributed by atoms with Gasteiger partial charge in [0.15, 0.2) is 11.5 Å². The summed E-state index contributed by atoms with van der Waals surface area (Å²) in [4.78, 5) is 24.1. The van der Waals surface area contributed by atoms with Gasteiger partial charge in [0, 0.05) is 0 Å². The van der Waals surface area contributed by atoms with Crippen molar-refractivity contribution in [1.82, 2.24) is 5.32 Å². The van der Waals surface area contributed by atoms with Crippen LogP contribution < -0.4 is 14.8 Å². The summed E-state index contributed by atoms with van der Waals surface area (Å²) < 4.78 is 15.9. The van der Waals surface area contributed by atoms with E-state index < -0.39 is 5.97 Å². The second kappa shape index (κ2) is 6.90. The lowest BCUT2D eigenvalue weighted by Crippen LogP contribution is -2.17. The number of nitrogens with one attached hydrogen (secondary N) is 1. The number of thiocarbonyl (C=S) groups is 1. The van der Waals surface area contributed by atoms with Crippen LogP contribution in [0, 0.1) is 0 Å². The smallest absolute Gasteiger partial charge is 0.379 e. The first-order valence-electron chi connectivity index (χ1n) is 6.75. The van der Waals surface area contributed by atoms with Crippen LogP contribution in [0.5, 0.6) is 11.5 Å². The van der Waals surface area contributed by atoms with Crippen molar-refractivity contribution in [3.8, 4) is 11.5 Å². The molecule has 6 nitrogen and oxygen atoms in total. The van der Waals surface area contributed by atoms with Crippen LogP contribution in [0.3, 0.4) is 0 Å². The standard InChI is InChI=1S/C16H11NO5S2/c1-20-12-7-9(8-13-14(18)17-16(23)24-13)4-5-10(12)22-15(19)11-3-2-6-21-11/h2-8H,1H3,(H,17,18,23). The maximum atomic E-state index is 11.9. The summed E-state index contributed by atoms with van der Waals surface area (Å²) >= 11 is 6.13. The van der Waals surface area contributed by atoms with Crippen molar-refractivity contribution in [2.45, 2.75) is 0 Å². The number of hydrogen-bond donors (Lipinski definition) is 1. The third-order valence-corrected chi connectivity index (χ3v) is 4.22. The maximum absolute atomic E-state index is 11.9. The molecule has 122 valence electrons. The van der Waals surface area contributed by atoms with Gasteiger partial charge in [-0.3, -0.25) is 4.79 Å². The molecule has 0 bridgehead atoms. The zero-order valence-electron chi connectivity index (χ0n) is 12.4. The van der Waals surface area contributed by atoms with Crippen LogP contribution in [-0.4, -0.2) is 23.3 Å². The van der Waals surface area contributed by atoms with Crippen LogP contribution in [0.1, 0.15) is 16.1 Å². The molecule has 3 rings (SSSR count). The fraction of sp³-hybridized carbons (Fsp3) is 0.0625. The molecular weight excluding hydrogens is 350 g/mol. The van der Waals surface area contributed by atoms with Crippen molar-refractivity contribution in [2.75, 3.05) is 7.11 Å². The predicted molar refractivity (Wildman–Crippen MR) is 93.0 cm³/mol. The molecule has 2 heterocycles. The Kier molecular flexibility index (Phi) is 4.68. The molecule has 24 heavy (non-hydrogen) atoms. The largest absolute Gasteiger partial charge is 0.493 e. The molecule has 1 aromatic carbocycles. The summed E-state index contributed by atoms with van der Waals surface area (Å²) in [7, 11) is 1.46. The van der Waals surface area contributed by atoms with Gasteiger partial charge in [-0.25, -0.2) is 4.79 Å². The van der Waals surface area contributed by atoms with E-state index in [2.05, 4.69) is 5.32 Å². The van der Waals surface area contributed by atoms with Crippen molar-refractivity contribution < 1.29 is 23.5 Å². The van der Waals surface area contributed by atoms with Gasteiger partial charge < -0.3 is 19.2 Å². The van der Waals surface area contributed by atoms with Crippen LogP contribution in [0.25, 0.3) is 6.08 Å². The number of carbonyl (C=O) groups excluding carboxylic acids is 2. The van der Waals surface area contributed by atoms with Gasteiger partial charge in [0.1, 0.15) is 4.32 Å². The highest BCUT2D eigenvalue weighted by Gasteiger charge is 2.22. The SMILES string of the molecule is COc1cc(C=C2SC(=S)NC2=O)ccc1OC(=O)c1ccco1. The zero-order chi connectivity index (χ0) is 17.1. The number of methoxy groups -OCH3 is 1. The Bertz CT molecular complexity index is 842. The number of furan rings is 1. The van der Waals surface area contributed by atoms with Gasteiger partial charge in [0.05, 0.1) is 18.3 Å². The molecular formula is C16H11NO5S2. The Labute approximate surface area is 146 Å². The number of thioether (sulfide) groups is 1. The van der Waals surface area contributed by atoms with E-state index >= 15 is 0 Å². The minimum Gasteiger partial charge on any atom is -0.493 e. The Morgan fingerprint density at radius 3 is 2.79 bits per heavy atom. The number of benzene rings is 1. The molecule has 1 saturated heterocycles. The van der Waals surface area contributed by atoms with Crippen molar-refractivity contribution in [3.05, 3.63) is 52.8 Å². The fourth-order valence-electron chi connectivity index (χ4n) is 1.98. The second-order valence-corrected chi connectivity index (χ2v) is 6.35. The third kappa shape index (κ3) is 3.50. The van der Waals surface area contributed by atoms with Crippen LogP contribution in [0.4, 0.5) is 0 Å². The molecule has 1 amide bonds. The average Bonchev–Trinajstić information content (AvgIpc) is 3.19. The van der Waals surface area contributed by atoms with E-state index in [0.29, 0.717) is 20.5 Å².